The molecule has 0 aromatic heterocycles. The van der Waals surface area contributed by atoms with E-state index in [-0.39, 0.29) is 26.6 Å². The Morgan fingerprint density at radius 1 is 1.08 bits per heavy atom. The van der Waals surface area contributed by atoms with E-state index in [0.29, 0.717) is 6.42 Å². The number of hydrogen-bond donors (Lipinski definition) is 1. The molecule has 196 valence electrons. The van der Waals surface area contributed by atoms with Crippen molar-refractivity contribution in [3.63, 3.8) is 0 Å². The van der Waals surface area contributed by atoms with Crippen LogP contribution >= 0.6 is 23.2 Å². The highest BCUT2D eigenvalue weighted by Crippen LogP contribution is 2.59. The van der Waals surface area contributed by atoms with Crippen molar-refractivity contribution in [2.24, 2.45) is 11.1 Å². The third kappa shape index (κ3) is 4.05. The Hall–Kier alpha value is -1.73. The summed E-state index contributed by atoms with van der Waals surface area (Å²) in [5.74, 6) is -2.72. The summed E-state index contributed by atoms with van der Waals surface area (Å²) in [5.41, 5.74) is 5.11. The van der Waals surface area contributed by atoms with Gasteiger partial charge in [0.2, 0.25) is 0 Å². The second-order valence-corrected chi connectivity index (χ2v) is 11.5. The van der Waals surface area contributed by atoms with Gasteiger partial charge in [0, 0.05) is 22.5 Å². The highest BCUT2D eigenvalue weighted by Gasteiger charge is 2.69. The van der Waals surface area contributed by atoms with Gasteiger partial charge in [-0.2, -0.15) is 0 Å². The number of fused-ring (bicyclic) bond motifs is 1. The molecule has 0 radical (unpaired) electrons. The number of nitrogens with two attached hydrogens (primary N) is 1. The summed E-state index contributed by atoms with van der Waals surface area (Å²) in [6.07, 6.45) is 3.20. The predicted molar refractivity (Wildman–Crippen MR) is 139 cm³/mol. The van der Waals surface area contributed by atoms with Gasteiger partial charge >= 0.3 is 5.97 Å². The highest BCUT2D eigenvalue weighted by molar-refractivity contribution is 6.31. The van der Waals surface area contributed by atoms with Gasteiger partial charge in [-0.05, 0) is 49.4 Å². The maximum atomic E-state index is 15.7. The predicted octanol–water partition coefficient (Wildman–Crippen LogP) is 7.16. The van der Waals surface area contributed by atoms with Gasteiger partial charge in [-0.25, -0.2) is 13.7 Å². The van der Waals surface area contributed by atoms with Crippen molar-refractivity contribution in [2.45, 2.75) is 89.6 Å². The second kappa shape index (κ2) is 9.54. The molecule has 2 aromatic carbocycles. The fourth-order valence-corrected chi connectivity index (χ4v) is 6.95. The van der Waals surface area contributed by atoms with Crippen molar-refractivity contribution in [2.75, 3.05) is 0 Å². The van der Waals surface area contributed by atoms with Crippen LogP contribution in [-0.4, -0.2) is 28.7 Å². The number of ether oxygens (including phenoxy) is 1. The average molecular weight is 539 g/mol. The molecule has 2 N–H and O–H groups in total. The lowest BCUT2D eigenvalue weighted by molar-refractivity contribution is -0.153. The fourth-order valence-electron chi connectivity index (χ4n) is 6.61. The van der Waals surface area contributed by atoms with E-state index in [2.05, 4.69) is 20.8 Å². The Morgan fingerprint density at radius 3 is 2.31 bits per heavy atom. The third-order valence-electron chi connectivity index (χ3n) is 8.82. The lowest BCUT2D eigenvalue weighted by Crippen LogP contribution is -2.57. The molecule has 36 heavy (non-hydrogen) atoms. The highest BCUT2D eigenvalue weighted by atomic mass is 35.5. The van der Waals surface area contributed by atoms with Crippen LogP contribution in [0.25, 0.3) is 0 Å². The molecule has 4 atom stereocenters. The fraction of sp³-hybridized carbons (Fsp3) is 0.536. The van der Waals surface area contributed by atoms with Crippen molar-refractivity contribution in [3.8, 4) is 0 Å². The van der Waals surface area contributed by atoms with Gasteiger partial charge in [-0.3, -0.25) is 4.79 Å². The van der Waals surface area contributed by atoms with E-state index in [0.717, 1.165) is 19.3 Å². The molecule has 0 amide bonds. The number of nitrogens with zero attached hydrogens (tertiary/aromatic N) is 1. The van der Waals surface area contributed by atoms with Crippen LogP contribution in [-0.2, 0) is 15.1 Å². The first-order valence-electron chi connectivity index (χ1n) is 12.6. The smallest absolute Gasteiger partial charge is 0.325 e. The summed E-state index contributed by atoms with van der Waals surface area (Å²) in [4.78, 5) is 15.4. The molecule has 2 aliphatic rings. The van der Waals surface area contributed by atoms with Gasteiger partial charge in [0.05, 0.1) is 10.6 Å². The molecule has 0 bridgehead atoms. The molecule has 2 aromatic rings. The molecule has 8 heteroatoms. The SMILES string of the molecule is CCC(CC)(CC)CC1N2C(C(=O)OC2(C)C)C(c2cccc(Cl)c2F)C1(N)c1ccc(Cl)cc1F. The summed E-state index contributed by atoms with van der Waals surface area (Å²) in [6.45, 7) is 10.00. The van der Waals surface area contributed by atoms with E-state index < -0.39 is 46.9 Å². The minimum Gasteiger partial charge on any atom is -0.443 e. The summed E-state index contributed by atoms with van der Waals surface area (Å²) in [5, 5.41) is 0.141. The molecule has 2 heterocycles. The van der Waals surface area contributed by atoms with Crippen LogP contribution in [0, 0.1) is 17.0 Å². The van der Waals surface area contributed by atoms with E-state index in [1.165, 1.54) is 12.1 Å². The molecule has 0 aliphatic carbocycles. The maximum Gasteiger partial charge on any atom is 0.325 e. The molecule has 2 fully saturated rings. The zero-order valence-electron chi connectivity index (χ0n) is 21.4. The summed E-state index contributed by atoms with van der Waals surface area (Å²) >= 11 is 12.3. The van der Waals surface area contributed by atoms with Crippen LogP contribution in [0.4, 0.5) is 8.78 Å². The summed E-state index contributed by atoms with van der Waals surface area (Å²) < 4.78 is 37.2. The monoisotopic (exact) mass is 538 g/mol. The van der Waals surface area contributed by atoms with Crippen LogP contribution in [0.2, 0.25) is 10.0 Å². The van der Waals surface area contributed by atoms with Crippen molar-refractivity contribution >= 4 is 29.2 Å². The van der Waals surface area contributed by atoms with Crippen molar-refractivity contribution in [1.82, 2.24) is 4.90 Å². The van der Waals surface area contributed by atoms with Crippen LogP contribution in [0.15, 0.2) is 36.4 Å². The molecule has 4 rings (SSSR count). The number of benzene rings is 2. The van der Waals surface area contributed by atoms with Gasteiger partial charge in [0.1, 0.15) is 17.7 Å². The zero-order valence-corrected chi connectivity index (χ0v) is 22.9. The van der Waals surface area contributed by atoms with Gasteiger partial charge in [-0.1, -0.05) is 81.4 Å². The van der Waals surface area contributed by atoms with Gasteiger partial charge < -0.3 is 10.5 Å². The summed E-state index contributed by atoms with van der Waals surface area (Å²) in [6, 6.07) is 7.54. The molecule has 2 saturated heterocycles. The largest absolute Gasteiger partial charge is 0.443 e. The van der Waals surface area contributed by atoms with Gasteiger partial charge in [-0.15, -0.1) is 0 Å². The normalized spacial score (nSPS) is 27.8. The average Bonchev–Trinajstić information content (AvgIpc) is 3.22. The minimum absolute atomic E-state index is 0.0860. The van der Waals surface area contributed by atoms with Crippen molar-refractivity contribution in [1.29, 1.82) is 0 Å². The van der Waals surface area contributed by atoms with E-state index >= 15 is 8.78 Å². The number of carbonyl (C=O) groups is 1. The lowest BCUT2D eigenvalue weighted by atomic mass is 9.65. The van der Waals surface area contributed by atoms with E-state index in [4.69, 9.17) is 33.7 Å². The van der Waals surface area contributed by atoms with Gasteiger partial charge in [0.25, 0.3) is 0 Å². The topological polar surface area (TPSA) is 55.6 Å². The summed E-state index contributed by atoms with van der Waals surface area (Å²) in [7, 11) is 0. The lowest BCUT2D eigenvalue weighted by Gasteiger charge is -2.46. The standard InChI is InChI=1S/C28H34Cl2F2N2O2/c1-6-27(7-2,8-3)15-21-28(33,18-13-12-16(29)14-20(18)31)22(17-10-9-11-19(30)23(17)32)24-25(35)36-26(4,5)34(21)24/h9-14,21-22,24H,6-8,15,33H2,1-5H3. The van der Waals surface area contributed by atoms with Crippen LogP contribution in [0.1, 0.15) is 77.3 Å². The Balaban J connectivity index is 2.06. The molecule has 0 spiro atoms. The van der Waals surface area contributed by atoms with Crippen LogP contribution in [0.3, 0.4) is 0 Å². The molecular formula is C28H34Cl2F2N2O2. The number of carbonyl (C=O) groups excluding carboxylic acids is 1. The van der Waals surface area contributed by atoms with Crippen LogP contribution in [0.5, 0.6) is 0 Å². The molecule has 0 saturated carbocycles. The number of rotatable bonds is 7. The number of hydrogen-bond acceptors (Lipinski definition) is 4. The van der Waals surface area contributed by atoms with E-state index in [9.17, 15) is 4.79 Å². The first-order chi connectivity index (χ1) is 16.9. The second-order valence-electron chi connectivity index (χ2n) is 10.7. The molecule has 4 nitrogen and oxygen atoms in total. The first-order valence-corrected chi connectivity index (χ1v) is 13.3. The first kappa shape index (κ1) is 27.3. The Labute approximate surface area is 222 Å². The minimum atomic E-state index is -1.48. The van der Waals surface area contributed by atoms with E-state index in [1.807, 2.05) is 4.90 Å². The Kier molecular flexibility index (Phi) is 7.24. The number of cyclic esters (lactones) is 1. The zero-order chi connectivity index (χ0) is 26.6. The molecule has 2 aliphatic heterocycles. The number of esters is 1. The molecular weight excluding hydrogens is 505 g/mol. The Bertz CT molecular complexity index is 1160. The number of halogens is 4. The quantitative estimate of drug-likeness (QED) is 0.380. The maximum absolute atomic E-state index is 15.7. The van der Waals surface area contributed by atoms with Gasteiger partial charge in [0.15, 0.2) is 5.72 Å². The van der Waals surface area contributed by atoms with Crippen LogP contribution < -0.4 is 5.73 Å². The van der Waals surface area contributed by atoms with Crippen molar-refractivity contribution < 1.29 is 18.3 Å². The van der Waals surface area contributed by atoms with Crippen molar-refractivity contribution in [3.05, 3.63) is 69.2 Å². The Morgan fingerprint density at radius 2 is 1.72 bits per heavy atom. The van der Waals surface area contributed by atoms with E-state index in [1.54, 1.807) is 38.1 Å². The third-order valence-corrected chi connectivity index (χ3v) is 9.35. The molecule has 4 unspecified atom stereocenters.